The lowest BCUT2D eigenvalue weighted by atomic mass is 10.0. The summed E-state index contributed by atoms with van der Waals surface area (Å²) in [7, 11) is 0. The second-order valence-corrected chi connectivity index (χ2v) is 6.84. The van der Waals surface area contributed by atoms with Crippen molar-refractivity contribution in [1.82, 2.24) is 10.6 Å². The number of carbonyl (C=O) groups is 1. The third-order valence-electron chi connectivity index (χ3n) is 4.33. The average molecular weight is 387 g/mol. The standard InChI is InChI=1S/C20H23F2N5O/c21-14-6-4-12(5-7-14)17(23)11-18(24)26-20(25-16-8-9-16)27-19(28)13-2-1-3-15(22)10-13/h1-7,10,16-18H,8-9,11,23-24H2,(H2,25,26,27,28). The number of nitrogens with two attached hydrogens (primary N) is 2. The number of halogens is 2. The Morgan fingerprint density at radius 2 is 1.82 bits per heavy atom. The number of nitrogens with zero attached hydrogens (tertiary/aromatic N) is 1. The molecule has 6 N–H and O–H groups in total. The summed E-state index contributed by atoms with van der Waals surface area (Å²) in [4.78, 5) is 16.3. The average Bonchev–Trinajstić information content (AvgIpc) is 3.46. The molecule has 2 atom stereocenters. The van der Waals surface area contributed by atoms with E-state index >= 15 is 0 Å². The molecular formula is C20H23F2N5O. The smallest absolute Gasteiger partial charge is 0.280 e. The van der Waals surface area contributed by atoms with Crippen molar-refractivity contribution in [3.05, 3.63) is 71.3 Å². The molecule has 2 aromatic rings. The first-order valence-electron chi connectivity index (χ1n) is 9.09. The van der Waals surface area contributed by atoms with Crippen LogP contribution >= 0.6 is 0 Å². The monoisotopic (exact) mass is 387 g/mol. The molecule has 0 bridgehead atoms. The van der Waals surface area contributed by atoms with Gasteiger partial charge in [0.15, 0.2) is 0 Å². The Morgan fingerprint density at radius 3 is 2.46 bits per heavy atom. The SMILES string of the molecule is NC(CC(N)c1ccc(F)cc1)N/C(=N\C(=O)c1cccc(F)c1)NC1CC1. The molecule has 1 fully saturated rings. The third kappa shape index (κ3) is 5.83. The molecule has 1 aliphatic rings. The van der Waals surface area contributed by atoms with Crippen molar-refractivity contribution in [2.75, 3.05) is 0 Å². The van der Waals surface area contributed by atoms with Gasteiger partial charge in [-0.05, 0) is 55.2 Å². The van der Waals surface area contributed by atoms with E-state index in [2.05, 4.69) is 15.6 Å². The molecule has 2 aromatic carbocycles. The van der Waals surface area contributed by atoms with E-state index in [4.69, 9.17) is 11.5 Å². The van der Waals surface area contributed by atoms with Crippen LogP contribution < -0.4 is 22.1 Å². The van der Waals surface area contributed by atoms with Crippen molar-refractivity contribution in [1.29, 1.82) is 0 Å². The van der Waals surface area contributed by atoms with Crippen LogP contribution in [0.15, 0.2) is 53.5 Å². The molecule has 1 saturated carbocycles. The highest BCUT2D eigenvalue weighted by molar-refractivity contribution is 6.02. The first-order chi connectivity index (χ1) is 13.4. The van der Waals surface area contributed by atoms with Crippen LogP contribution in [0.1, 0.15) is 41.2 Å². The first-order valence-corrected chi connectivity index (χ1v) is 9.09. The van der Waals surface area contributed by atoms with Gasteiger partial charge in [0.1, 0.15) is 11.6 Å². The van der Waals surface area contributed by atoms with Crippen LogP contribution in [0.5, 0.6) is 0 Å². The Labute approximate surface area is 162 Å². The zero-order chi connectivity index (χ0) is 20.1. The summed E-state index contributed by atoms with van der Waals surface area (Å²) >= 11 is 0. The molecule has 28 heavy (non-hydrogen) atoms. The lowest BCUT2D eigenvalue weighted by Crippen LogP contribution is -2.49. The minimum atomic E-state index is -0.592. The van der Waals surface area contributed by atoms with Crippen LogP contribution in [-0.2, 0) is 0 Å². The van der Waals surface area contributed by atoms with Gasteiger partial charge in [-0.2, -0.15) is 4.99 Å². The number of nitrogens with one attached hydrogen (secondary N) is 2. The topological polar surface area (TPSA) is 106 Å². The van der Waals surface area contributed by atoms with Crippen molar-refractivity contribution in [2.24, 2.45) is 16.5 Å². The number of guanidine groups is 1. The molecule has 0 aliphatic heterocycles. The second-order valence-electron chi connectivity index (χ2n) is 6.84. The molecule has 3 rings (SSSR count). The number of carbonyl (C=O) groups excluding carboxylic acids is 1. The van der Waals surface area contributed by atoms with E-state index in [1.807, 2.05) is 0 Å². The molecule has 0 heterocycles. The number of aliphatic imine (C=N–C) groups is 1. The van der Waals surface area contributed by atoms with E-state index in [1.165, 1.54) is 30.3 Å². The number of rotatable bonds is 6. The van der Waals surface area contributed by atoms with Gasteiger partial charge >= 0.3 is 0 Å². The lowest BCUT2D eigenvalue weighted by Gasteiger charge is -2.21. The molecule has 1 amide bonds. The Morgan fingerprint density at radius 1 is 1.11 bits per heavy atom. The third-order valence-corrected chi connectivity index (χ3v) is 4.33. The second kappa shape index (κ2) is 8.90. The van der Waals surface area contributed by atoms with Crippen molar-refractivity contribution < 1.29 is 13.6 Å². The zero-order valence-corrected chi connectivity index (χ0v) is 15.2. The molecule has 6 nitrogen and oxygen atoms in total. The van der Waals surface area contributed by atoms with E-state index in [0.717, 1.165) is 24.5 Å². The van der Waals surface area contributed by atoms with Crippen molar-refractivity contribution >= 4 is 11.9 Å². The molecular weight excluding hydrogens is 364 g/mol. The van der Waals surface area contributed by atoms with Crippen molar-refractivity contribution in [2.45, 2.75) is 37.5 Å². The van der Waals surface area contributed by atoms with Crippen molar-refractivity contribution in [3.8, 4) is 0 Å². The zero-order valence-electron chi connectivity index (χ0n) is 15.2. The van der Waals surface area contributed by atoms with Crippen LogP contribution in [-0.4, -0.2) is 24.1 Å². The summed E-state index contributed by atoms with van der Waals surface area (Å²) in [5, 5.41) is 6.08. The van der Waals surface area contributed by atoms with E-state index in [9.17, 15) is 13.6 Å². The molecule has 0 spiro atoms. The summed E-state index contributed by atoms with van der Waals surface area (Å²) in [6.07, 6.45) is 1.69. The lowest BCUT2D eigenvalue weighted by molar-refractivity contribution is 0.100. The van der Waals surface area contributed by atoms with Gasteiger partial charge in [0.25, 0.3) is 5.91 Å². The molecule has 0 radical (unpaired) electrons. The fraction of sp³-hybridized carbons (Fsp3) is 0.300. The van der Waals surface area contributed by atoms with Crippen LogP contribution in [0.2, 0.25) is 0 Å². The Balaban J connectivity index is 1.65. The number of benzene rings is 2. The van der Waals surface area contributed by atoms with Gasteiger partial charge in [-0.25, -0.2) is 8.78 Å². The minimum Gasteiger partial charge on any atom is -0.353 e. The molecule has 0 aromatic heterocycles. The molecule has 148 valence electrons. The minimum absolute atomic E-state index is 0.147. The maximum atomic E-state index is 13.3. The maximum Gasteiger partial charge on any atom is 0.280 e. The van der Waals surface area contributed by atoms with Gasteiger partial charge in [-0.3, -0.25) is 4.79 Å². The first kappa shape index (κ1) is 19.9. The molecule has 1 aliphatic carbocycles. The Bertz CT molecular complexity index is 852. The van der Waals surface area contributed by atoms with Gasteiger partial charge in [-0.1, -0.05) is 18.2 Å². The highest BCUT2D eigenvalue weighted by Crippen LogP contribution is 2.19. The number of hydrogen-bond donors (Lipinski definition) is 4. The summed E-state index contributed by atoms with van der Waals surface area (Å²) in [6.45, 7) is 0. The van der Waals surface area contributed by atoms with E-state index in [-0.39, 0.29) is 23.4 Å². The van der Waals surface area contributed by atoms with Crippen molar-refractivity contribution in [3.63, 3.8) is 0 Å². The molecule has 2 unspecified atom stereocenters. The van der Waals surface area contributed by atoms with Gasteiger partial charge in [0, 0.05) is 17.6 Å². The van der Waals surface area contributed by atoms with E-state index in [0.29, 0.717) is 6.42 Å². The summed E-state index contributed by atoms with van der Waals surface area (Å²) in [5.74, 6) is -1.19. The molecule has 0 saturated heterocycles. The van der Waals surface area contributed by atoms with Gasteiger partial charge < -0.3 is 22.1 Å². The van der Waals surface area contributed by atoms with Crippen LogP contribution in [0, 0.1) is 11.6 Å². The predicted molar refractivity (Wildman–Crippen MR) is 103 cm³/mol. The van der Waals surface area contributed by atoms with Crippen LogP contribution in [0.3, 0.4) is 0 Å². The fourth-order valence-corrected chi connectivity index (χ4v) is 2.67. The molecule has 8 heteroatoms. The normalized spacial score (nSPS) is 16.4. The summed E-state index contributed by atoms with van der Waals surface area (Å²) in [5.41, 5.74) is 13.2. The maximum absolute atomic E-state index is 13.3. The van der Waals surface area contributed by atoms with Crippen LogP contribution in [0.25, 0.3) is 0 Å². The van der Waals surface area contributed by atoms with Gasteiger partial charge in [0.05, 0.1) is 6.17 Å². The largest absolute Gasteiger partial charge is 0.353 e. The van der Waals surface area contributed by atoms with E-state index < -0.39 is 23.9 Å². The number of hydrogen-bond acceptors (Lipinski definition) is 3. The Hall–Kier alpha value is -2.84. The Kier molecular flexibility index (Phi) is 6.33. The van der Waals surface area contributed by atoms with Gasteiger partial charge in [0.2, 0.25) is 5.96 Å². The highest BCUT2D eigenvalue weighted by Gasteiger charge is 2.24. The quantitative estimate of drug-likeness (QED) is 0.345. The summed E-state index contributed by atoms with van der Waals surface area (Å²) in [6, 6.07) is 11.0. The predicted octanol–water partition coefficient (Wildman–Crippen LogP) is 2.18. The van der Waals surface area contributed by atoms with E-state index in [1.54, 1.807) is 12.1 Å². The summed E-state index contributed by atoms with van der Waals surface area (Å²) < 4.78 is 26.4. The fourth-order valence-electron chi connectivity index (χ4n) is 2.67. The number of amides is 1. The van der Waals surface area contributed by atoms with Gasteiger partial charge in [-0.15, -0.1) is 0 Å². The highest BCUT2D eigenvalue weighted by atomic mass is 19.1. The van der Waals surface area contributed by atoms with Crippen LogP contribution in [0.4, 0.5) is 8.78 Å².